The summed E-state index contributed by atoms with van der Waals surface area (Å²) < 4.78 is 10.7. The van der Waals surface area contributed by atoms with Gasteiger partial charge in [0.05, 0.1) is 0 Å². The van der Waals surface area contributed by atoms with E-state index in [-0.39, 0.29) is 0 Å². The van der Waals surface area contributed by atoms with Gasteiger partial charge in [0.2, 0.25) is 6.79 Å². The zero-order chi connectivity index (χ0) is 13.5. The molecule has 1 aromatic carbocycles. The predicted octanol–water partition coefficient (Wildman–Crippen LogP) is 1.53. The van der Waals surface area contributed by atoms with Crippen LogP contribution in [0, 0.1) is 0 Å². The number of hydrogen-bond donors (Lipinski definition) is 2. The van der Waals surface area contributed by atoms with Crippen LogP contribution in [0.2, 0.25) is 0 Å². The molecule has 0 saturated heterocycles. The van der Waals surface area contributed by atoms with Gasteiger partial charge in [-0.05, 0) is 30.5 Å². The van der Waals surface area contributed by atoms with Gasteiger partial charge in [0, 0.05) is 20.1 Å². The molecule has 1 heterocycles. The van der Waals surface area contributed by atoms with Crippen molar-refractivity contribution in [3.05, 3.63) is 23.8 Å². The second-order valence-corrected chi connectivity index (χ2v) is 4.36. The molecular formula is C14H21N3O2. The van der Waals surface area contributed by atoms with Crippen LogP contribution in [-0.4, -0.2) is 32.9 Å². The van der Waals surface area contributed by atoms with E-state index in [2.05, 4.69) is 28.6 Å². The summed E-state index contributed by atoms with van der Waals surface area (Å²) in [6.07, 6.45) is 2.01. The van der Waals surface area contributed by atoms with Gasteiger partial charge in [-0.2, -0.15) is 0 Å². The standard InChI is InChI=1S/C14H21N3O2/c1-3-7-16-14(15-2)17-8-6-11-4-5-12-13(9-11)19-10-18-12/h4-5,9H,3,6-8,10H2,1-2H3,(H2,15,16,17). The highest BCUT2D eigenvalue weighted by Gasteiger charge is 2.12. The minimum Gasteiger partial charge on any atom is -0.454 e. The van der Waals surface area contributed by atoms with Crippen molar-refractivity contribution in [2.45, 2.75) is 19.8 Å². The van der Waals surface area contributed by atoms with Crippen molar-refractivity contribution < 1.29 is 9.47 Å². The first-order valence-electron chi connectivity index (χ1n) is 6.66. The minimum atomic E-state index is 0.324. The molecule has 0 unspecified atom stereocenters. The van der Waals surface area contributed by atoms with Crippen LogP contribution in [0.3, 0.4) is 0 Å². The molecular weight excluding hydrogens is 242 g/mol. The van der Waals surface area contributed by atoms with Crippen LogP contribution in [0.5, 0.6) is 11.5 Å². The number of aliphatic imine (C=N–C) groups is 1. The van der Waals surface area contributed by atoms with E-state index in [0.29, 0.717) is 6.79 Å². The Morgan fingerprint density at radius 2 is 2.00 bits per heavy atom. The molecule has 2 N–H and O–H groups in total. The Kier molecular flexibility index (Phi) is 4.89. The summed E-state index contributed by atoms with van der Waals surface area (Å²) in [7, 11) is 1.78. The normalized spacial score (nSPS) is 13.5. The summed E-state index contributed by atoms with van der Waals surface area (Å²) in [5.41, 5.74) is 1.22. The average Bonchev–Trinajstić information content (AvgIpc) is 2.90. The van der Waals surface area contributed by atoms with Crippen LogP contribution < -0.4 is 20.1 Å². The quantitative estimate of drug-likeness (QED) is 0.625. The third-order valence-electron chi connectivity index (χ3n) is 2.91. The van der Waals surface area contributed by atoms with E-state index in [1.54, 1.807) is 7.05 Å². The second-order valence-electron chi connectivity index (χ2n) is 4.36. The van der Waals surface area contributed by atoms with Gasteiger partial charge in [0.15, 0.2) is 17.5 Å². The SMILES string of the molecule is CCCNC(=NC)NCCc1ccc2c(c1)OCO2. The molecule has 0 atom stereocenters. The lowest BCUT2D eigenvalue weighted by Gasteiger charge is -2.11. The van der Waals surface area contributed by atoms with Gasteiger partial charge in [-0.25, -0.2) is 0 Å². The Morgan fingerprint density at radius 3 is 2.79 bits per heavy atom. The van der Waals surface area contributed by atoms with Crippen molar-refractivity contribution in [3.8, 4) is 11.5 Å². The summed E-state index contributed by atoms with van der Waals surface area (Å²) in [6, 6.07) is 6.06. The number of benzene rings is 1. The molecule has 5 heteroatoms. The summed E-state index contributed by atoms with van der Waals surface area (Å²) in [5.74, 6) is 2.52. The molecule has 1 aromatic rings. The van der Waals surface area contributed by atoms with Crippen molar-refractivity contribution in [1.82, 2.24) is 10.6 Å². The molecule has 0 saturated carbocycles. The Bertz CT molecular complexity index is 446. The lowest BCUT2D eigenvalue weighted by molar-refractivity contribution is 0.174. The molecule has 0 fully saturated rings. The summed E-state index contributed by atoms with van der Waals surface area (Å²) in [4.78, 5) is 4.16. The molecule has 0 aliphatic carbocycles. The van der Waals surface area contributed by atoms with Crippen LogP contribution in [0.4, 0.5) is 0 Å². The molecule has 0 spiro atoms. The number of hydrogen-bond acceptors (Lipinski definition) is 3. The van der Waals surface area contributed by atoms with Crippen LogP contribution >= 0.6 is 0 Å². The summed E-state index contributed by atoms with van der Waals surface area (Å²) in [6.45, 7) is 4.23. The largest absolute Gasteiger partial charge is 0.454 e. The topological polar surface area (TPSA) is 54.9 Å². The summed E-state index contributed by atoms with van der Waals surface area (Å²) >= 11 is 0. The maximum atomic E-state index is 5.36. The Morgan fingerprint density at radius 1 is 1.21 bits per heavy atom. The van der Waals surface area contributed by atoms with Gasteiger partial charge < -0.3 is 20.1 Å². The molecule has 19 heavy (non-hydrogen) atoms. The predicted molar refractivity (Wildman–Crippen MR) is 75.9 cm³/mol. The van der Waals surface area contributed by atoms with Crippen molar-refractivity contribution in [2.75, 3.05) is 26.9 Å². The van der Waals surface area contributed by atoms with Crippen molar-refractivity contribution in [2.24, 2.45) is 4.99 Å². The van der Waals surface area contributed by atoms with Crippen LogP contribution in [-0.2, 0) is 6.42 Å². The zero-order valence-electron chi connectivity index (χ0n) is 11.5. The highest BCUT2D eigenvalue weighted by atomic mass is 16.7. The van der Waals surface area contributed by atoms with Crippen molar-refractivity contribution >= 4 is 5.96 Å². The van der Waals surface area contributed by atoms with E-state index in [9.17, 15) is 0 Å². The van der Waals surface area contributed by atoms with Crippen LogP contribution in [0.25, 0.3) is 0 Å². The minimum absolute atomic E-state index is 0.324. The molecule has 0 aromatic heterocycles. The molecule has 0 radical (unpaired) electrons. The molecule has 104 valence electrons. The first-order valence-corrected chi connectivity index (χ1v) is 6.66. The molecule has 5 nitrogen and oxygen atoms in total. The summed E-state index contributed by atoms with van der Waals surface area (Å²) in [5, 5.41) is 6.53. The number of nitrogens with zero attached hydrogens (tertiary/aromatic N) is 1. The maximum Gasteiger partial charge on any atom is 0.231 e. The number of ether oxygens (including phenoxy) is 2. The Labute approximate surface area is 114 Å². The van der Waals surface area contributed by atoms with Gasteiger partial charge in [0.25, 0.3) is 0 Å². The second kappa shape index (κ2) is 6.87. The molecule has 2 rings (SSSR count). The number of rotatable bonds is 5. The maximum absolute atomic E-state index is 5.36. The van der Waals surface area contributed by atoms with Crippen molar-refractivity contribution in [3.63, 3.8) is 0 Å². The first kappa shape index (κ1) is 13.5. The lowest BCUT2D eigenvalue weighted by atomic mass is 10.1. The fourth-order valence-corrected chi connectivity index (χ4v) is 1.89. The lowest BCUT2D eigenvalue weighted by Crippen LogP contribution is -2.38. The average molecular weight is 263 g/mol. The Balaban J connectivity index is 1.79. The van der Waals surface area contributed by atoms with Crippen LogP contribution in [0.1, 0.15) is 18.9 Å². The highest BCUT2D eigenvalue weighted by Crippen LogP contribution is 2.32. The third kappa shape index (κ3) is 3.77. The van der Waals surface area contributed by atoms with E-state index >= 15 is 0 Å². The fourth-order valence-electron chi connectivity index (χ4n) is 1.89. The zero-order valence-corrected chi connectivity index (χ0v) is 11.5. The van der Waals surface area contributed by atoms with Gasteiger partial charge in [-0.3, -0.25) is 4.99 Å². The van der Waals surface area contributed by atoms with Gasteiger partial charge in [-0.15, -0.1) is 0 Å². The first-order chi connectivity index (χ1) is 9.33. The molecule has 0 amide bonds. The smallest absolute Gasteiger partial charge is 0.231 e. The monoisotopic (exact) mass is 263 g/mol. The van der Waals surface area contributed by atoms with E-state index in [4.69, 9.17) is 9.47 Å². The highest BCUT2D eigenvalue weighted by molar-refractivity contribution is 5.79. The van der Waals surface area contributed by atoms with Gasteiger partial charge in [0.1, 0.15) is 0 Å². The molecule has 1 aliphatic heterocycles. The van der Waals surface area contributed by atoms with E-state index < -0.39 is 0 Å². The third-order valence-corrected chi connectivity index (χ3v) is 2.91. The van der Waals surface area contributed by atoms with E-state index in [0.717, 1.165) is 43.4 Å². The number of nitrogens with one attached hydrogen (secondary N) is 2. The van der Waals surface area contributed by atoms with E-state index in [1.807, 2.05) is 12.1 Å². The number of guanidine groups is 1. The van der Waals surface area contributed by atoms with Crippen LogP contribution in [0.15, 0.2) is 23.2 Å². The van der Waals surface area contributed by atoms with Crippen molar-refractivity contribution in [1.29, 1.82) is 0 Å². The van der Waals surface area contributed by atoms with E-state index in [1.165, 1.54) is 5.56 Å². The fraction of sp³-hybridized carbons (Fsp3) is 0.500. The Hall–Kier alpha value is -1.91. The molecule has 0 bridgehead atoms. The van der Waals surface area contributed by atoms with Gasteiger partial charge >= 0.3 is 0 Å². The molecule has 1 aliphatic rings. The van der Waals surface area contributed by atoms with Gasteiger partial charge in [-0.1, -0.05) is 13.0 Å². The number of fused-ring (bicyclic) bond motifs is 1.